The SMILES string of the molecule is Cc1coc(-c2ccc(CCl)cc2)n1. The van der Waals surface area contributed by atoms with E-state index in [9.17, 15) is 0 Å². The van der Waals surface area contributed by atoms with Crippen LogP contribution in [0.1, 0.15) is 11.3 Å². The average molecular weight is 208 g/mol. The summed E-state index contributed by atoms with van der Waals surface area (Å²) in [5.74, 6) is 1.19. The van der Waals surface area contributed by atoms with E-state index < -0.39 is 0 Å². The molecule has 0 aliphatic heterocycles. The first-order valence-electron chi connectivity index (χ1n) is 4.37. The van der Waals surface area contributed by atoms with E-state index in [0.717, 1.165) is 16.8 Å². The Hall–Kier alpha value is -1.28. The Bertz CT molecular complexity index is 419. The predicted octanol–water partition coefficient (Wildman–Crippen LogP) is 3.39. The third-order valence-electron chi connectivity index (χ3n) is 1.97. The summed E-state index contributed by atoms with van der Waals surface area (Å²) in [4.78, 5) is 4.24. The highest BCUT2D eigenvalue weighted by atomic mass is 35.5. The number of aryl methyl sites for hydroxylation is 1. The standard InChI is InChI=1S/C11H10ClNO/c1-8-7-14-11(13-8)10-4-2-9(6-12)3-5-10/h2-5,7H,6H2,1H3. The molecule has 0 amide bonds. The number of oxazole rings is 1. The minimum absolute atomic E-state index is 0.533. The van der Waals surface area contributed by atoms with E-state index in [1.54, 1.807) is 6.26 Å². The van der Waals surface area contributed by atoms with Crippen LogP contribution >= 0.6 is 11.6 Å². The number of halogens is 1. The molecule has 0 N–H and O–H groups in total. The van der Waals surface area contributed by atoms with Crippen LogP contribution in [-0.2, 0) is 5.88 Å². The summed E-state index contributed by atoms with van der Waals surface area (Å²) in [5.41, 5.74) is 2.96. The average Bonchev–Trinajstić information content (AvgIpc) is 2.65. The zero-order chi connectivity index (χ0) is 9.97. The van der Waals surface area contributed by atoms with Crippen LogP contribution < -0.4 is 0 Å². The largest absolute Gasteiger partial charge is 0.444 e. The number of alkyl halides is 1. The molecule has 2 rings (SSSR count). The molecule has 0 saturated carbocycles. The molecule has 1 aromatic carbocycles. The van der Waals surface area contributed by atoms with E-state index in [0.29, 0.717) is 11.8 Å². The second-order valence-corrected chi connectivity index (χ2v) is 3.39. The number of hydrogen-bond acceptors (Lipinski definition) is 2. The second-order valence-electron chi connectivity index (χ2n) is 3.12. The summed E-state index contributed by atoms with van der Waals surface area (Å²) in [6, 6.07) is 7.87. The van der Waals surface area contributed by atoms with Crippen LogP contribution in [-0.4, -0.2) is 4.98 Å². The summed E-state index contributed by atoms with van der Waals surface area (Å²) in [6.07, 6.45) is 1.64. The van der Waals surface area contributed by atoms with Crippen molar-refractivity contribution in [3.8, 4) is 11.5 Å². The van der Waals surface area contributed by atoms with Crippen LogP contribution in [0, 0.1) is 6.92 Å². The first-order valence-corrected chi connectivity index (χ1v) is 4.90. The highest BCUT2D eigenvalue weighted by Crippen LogP contribution is 2.19. The quantitative estimate of drug-likeness (QED) is 0.706. The van der Waals surface area contributed by atoms with Gasteiger partial charge >= 0.3 is 0 Å². The van der Waals surface area contributed by atoms with Gasteiger partial charge < -0.3 is 4.42 Å². The van der Waals surface area contributed by atoms with Crippen LogP contribution in [0.4, 0.5) is 0 Å². The van der Waals surface area contributed by atoms with Gasteiger partial charge in [-0.3, -0.25) is 0 Å². The fourth-order valence-corrected chi connectivity index (χ4v) is 1.40. The fourth-order valence-electron chi connectivity index (χ4n) is 1.22. The van der Waals surface area contributed by atoms with Gasteiger partial charge in [-0.15, -0.1) is 11.6 Å². The summed E-state index contributed by atoms with van der Waals surface area (Å²) in [6.45, 7) is 1.90. The molecule has 0 bridgehead atoms. The lowest BCUT2D eigenvalue weighted by molar-refractivity contribution is 0.573. The van der Waals surface area contributed by atoms with Crippen LogP contribution in [0.2, 0.25) is 0 Å². The van der Waals surface area contributed by atoms with Gasteiger partial charge in [-0.05, 0) is 24.6 Å². The Labute approximate surface area is 87.5 Å². The normalized spacial score (nSPS) is 10.4. The maximum absolute atomic E-state index is 5.69. The predicted molar refractivity (Wildman–Crippen MR) is 56.2 cm³/mol. The van der Waals surface area contributed by atoms with Crippen LogP contribution in [0.5, 0.6) is 0 Å². The van der Waals surface area contributed by atoms with Gasteiger partial charge in [0.2, 0.25) is 5.89 Å². The molecule has 14 heavy (non-hydrogen) atoms. The van der Waals surface area contributed by atoms with E-state index in [-0.39, 0.29) is 0 Å². The molecule has 2 nitrogen and oxygen atoms in total. The maximum Gasteiger partial charge on any atom is 0.226 e. The minimum Gasteiger partial charge on any atom is -0.444 e. The summed E-state index contributed by atoms with van der Waals surface area (Å²) < 4.78 is 5.28. The molecule has 0 aliphatic rings. The zero-order valence-corrected chi connectivity index (χ0v) is 8.58. The lowest BCUT2D eigenvalue weighted by Gasteiger charge is -1.96. The lowest BCUT2D eigenvalue weighted by atomic mass is 10.1. The van der Waals surface area contributed by atoms with Crippen molar-refractivity contribution in [1.29, 1.82) is 0 Å². The van der Waals surface area contributed by atoms with Gasteiger partial charge in [0.1, 0.15) is 6.26 Å². The number of hydrogen-bond donors (Lipinski definition) is 0. The Morgan fingerprint density at radius 3 is 2.50 bits per heavy atom. The molecule has 2 aromatic rings. The topological polar surface area (TPSA) is 26.0 Å². The van der Waals surface area contributed by atoms with Crippen molar-refractivity contribution < 1.29 is 4.42 Å². The second kappa shape index (κ2) is 3.84. The van der Waals surface area contributed by atoms with Gasteiger partial charge in [0, 0.05) is 11.4 Å². The van der Waals surface area contributed by atoms with E-state index in [4.69, 9.17) is 16.0 Å². The van der Waals surface area contributed by atoms with Crippen molar-refractivity contribution in [3.63, 3.8) is 0 Å². The molecule has 1 aromatic heterocycles. The molecular weight excluding hydrogens is 198 g/mol. The molecule has 0 fully saturated rings. The Balaban J connectivity index is 2.33. The number of rotatable bonds is 2. The van der Waals surface area contributed by atoms with E-state index in [1.807, 2.05) is 31.2 Å². The van der Waals surface area contributed by atoms with Crippen LogP contribution in [0.25, 0.3) is 11.5 Å². The number of nitrogens with zero attached hydrogens (tertiary/aromatic N) is 1. The minimum atomic E-state index is 0.533. The van der Waals surface area contributed by atoms with Gasteiger partial charge in [-0.1, -0.05) is 12.1 Å². The third-order valence-corrected chi connectivity index (χ3v) is 2.28. The van der Waals surface area contributed by atoms with Crippen molar-refractivity contribution in [2.45, 2.75) is 12.8 Å². The van der Waals surface area contributed by atoms with Gasteiger partial charge in [0.05, 0.1) is 5.69 Å². The Kier molecular flexibility index (Phi) is 2.55. The first kappa shape index (κ1) is 9.28. The molecule has 0 saturated heterocycles. The summed E-state index contributed by atoms with van der Waals surface area (Å²) in [5, 5.41) is 0. The van der Waals surface area contributed by atoms with E-state index in [1.165, 1.54) is 0 Å². The smallest absolute Gasteiger partial charge is 0.226 e. The monoisotopic (exact) mass is 207 g/mol. The molecule has 1 heterocycles. The summed E-state index contributed by atoms with van der Waals surface area (Å²) in [7, 11) is 0. The molecule has 0 unspecified atom stereocenters. The lowest BCUT2D eigenvalue weighted by Crippen LogP contribution is -1.80. The molecule has 3 heteroatoms. The molecular formula is C11H10ClNO. The zero-order valence-electron chi connectivity index (χ0n) is 7.83. The third kappa shape index (κ3) is 1.80. The van der Waals surface area contributed by atoms with Gasteiger partial charge in [-0.25, -0.2) is 4.98 Å². The highest BCUT2D eigenvalue weighted by Gasteiger charge is 2.03. The van der Waals surface area contributed by atoms with Gasteiger partial charge in [0.25, 0.3) is 0 Å². The van der Waals surface area contributed by atoms with E-state index in [2.05, 4.69) is 4.98 Å². The van der Waals surface area contributed by atoms with Crippen molar-refractivity contribution in [2.75, 3.05) is 0 Å². The molecule has 72 valence electrons. The van der Waals surface area contributed by atoms with Crippen LogP contribution in [0.15, 0.2) is 34.9 Å². The Morgan fingerprint density at radius 1 is 1.29 bits per heavy atom. The molecule has 0 aliphatic carbocycles. The molecule has 0 atom stereocenters. The van der Waals surface area contributed by atoms with Crippen molar-refractivity contribution in [1.82, 2.24) is 4.98 Å². The molecule has 0 radical (unpaired) electrons. The number of aromatic nitrogens is 1. The van der Waals surface area contributed by atoms with Crippen molar-refractivity contribution in [3.05, 3.63) is 41.8 Å². The van der Waals surface area contributed by atoms with Gasteiger partial charge in [0.15, 0.2) is 0 Å². The number of benzene rings is 1. The first-order chi connectivity index (χ1) is 6.79. The highest BCUT2D eigenvalue weighted by molar-refractivity contribution is 6.17. The molecule has 0 spiro atoms. The van der Waals surface area contributed by atoms with E-state index >= 15 is 0 Å². The maximum atomic E-state index is 5.69. The summed E-state index contributed by atoms with van der Waals surface area (Å²) >= 11 is 5.69. The van der Waals surface area contributed by atoms with Crippen molar-refractivity contribution >= 4 is 11.6 Å². The van der Waals surface area contributed by atoms with Crippen molar-refractivity contribution in [2.24, 2.45) is 0 Å². The van der Waals surface area contributed by atoms with Gasteiger partial charge in [-0.2, -0.15) is 0 Å². The fraction of sp³-hybridized carbons (Fsp3) is 0.182. The van der Waals surface area contributed by atoms with Crippen LogP contribution in [0.3, 0.4) is 0 Å². The Morgan fingerprint density at radius 2 is 2.00 bits per heavy atom.